The number of hydrogen-bond donors (Lipinski definition) is 1. The van der Waals surface area contributed by atoms with E-state index in [2.05, 4.69) is 56.3 Å². The van der Waals surface area contributed by atoms with Gasteiger partial charge in [-0.25, -0.2) is 4.98 Å². The fourth-order valence-electron chi connectivity index (χ4n) is 4.36. The van der Waals surface area contributed by atoms with Gasteiger partial charge in [-0.15, -0.1) is 24.0 Å². The Balaban J connectivity index is 0.00000289. The van der Waals surface area contributed by atoms with Crippen LogP contribution in [0.15, 0.2) is 47.6 Å². The van der Waals surface area contributed by atoms with Gasteiger partial charge in [0.2, 0.25) is 0 Å². The zero-order valence-corrected chi connectivity index (χ0v) is 21.7. The lowest BCUT2D eigenvalue weighted by Gasteiger charge is -2.33. The highest BCUT2D eigenvalue weighted by atomic mass is 127. The molecule has 2 aromatic rings. The zero-order valence-electron chi connectivity index (χ0n) is 19.3. The summed E-state index contributed by atoms with van der Waals surface area (Å²) < 4.78 is 5.28. The molecule has 2 aliphatic rings. The molecular formula is C24H35IN6O. The Labute approximate surface area is 208 Å². The highest BCUT2D eigenvalue weighted by molar-refractivity contribution is 14.0. The molecule has 0 spiro atoms. The molecule has 4 rings (SSSR count). The van der Waals surface area contributed by atoms with Gasteiger partial charge in [-0.05, 0) is 42.8 Å². The van der Waals surface area contributed by atoms with E-state index in [4.69, 9.17) is 9.72 Å². The summed E-state index contributed by atoms with van der Waals surface area (Å²) in [6.45, 7) is 6.98. The minimum Gasteiger partial charge on any atom is -0.497 e. The van der Waals surface area contributed by atoms with E-state index >= 15 is 0 Å². The third-order valence-corrected chi connectivity index (χ3v) is 6.37. The number of ether oxygens (including phenoxy) is 1. The quantitative estimate of drug-likeness (QED) is 0.351. The van der Waals surface area contributed by atoms with Crippen molar-refractivity contribution < 1.29 is 4.74 Å². The lowest BCUT2D eigenvalue weighted by atomic mass is 9.98. The fourth-order valence-corrected chi connectivity index (χ4v) is 4.36. The molecule has 2 aliphatic heterocycles. The highest BCUT2D eigenvalue weighted by Crippen LogP contribution is 2.28. The Morgan fingerprint density at radius 1 is 1.09 bits per heavy atom. The van der Waals surface area contributed by atoms with Crippen molar-refractivity contribution in [3.63, 3.8) is 0 Å². The third-order valence-electron chi connectivity index (χ3n) is 6.37. The summed E-state index contributed by atoms with van der Waals surface area (Å²) in [5.74, 6) is 3.46. The van der Waals surface area contributed by atoms with Crippen LogP contribution >= 0.6 is 24.0 Å². The van der Waals surface area contributed by atoms with Crippen LogP contribution in [0.25, 0.3) is 0 Å². The van der Waals surface area contributed by atoms with Gasteiger partial charge in [-0.3, -0.25) is 4.99 Å². The van der Waals surface area contributed by atoms with Gasteiger partial charge < -0.3 is 24.8 Å². The standard InChI is InChI=1S/C24H34N6O.HI/c1-25-24(30-11-10-21(18-30)20-5-7-22(31-3)8-6-20)27-17-19-4-9-23(26-16-19)29-14-12-28(2)13-15-29;/h4-9,16,21H,10-15,17-18H2,1-3H3,(H,25,27);1H. The molecule has 1 N–H and O–H groups in total. The molecule has 1 atom stereocenters. The maximum atomic E-state index is 5.28. The minimum atomic E-state index is 0. The maximum Gasteiger partial charge on any atom is 0.193 e. The first kappa shape index (κ1) is 24.6. The monoisotopic (exact) mass is 550 g/mol. The number of aliphatic imine (C=N–C) groups is 1. The third kappa shape index (κ3) is 6.04. The average Bonchev–Trinajstić information content (AvgIpc) is 3.31. The number of hydrogen-bond acceptors (Lipinski definition) is 5. The number of nitrogens with zero attached hydrogens (tertiary/aromatic N) is 5. The maximum absolute atomic E-state index is 5.28. The van der Waals surface area contributed by atoms with E-state index in [-0.39, 0.29) is 24.0 Å². The van der Waals surface area contributed by atoms with Gasteiger partial charge in [0.05, 0.1) is 7.11 Å². The van der Waals surface area contributed by atoms with Crippen LogP contribution < -0.4 is 15.0 Å². The number of likely N-dealkylation sites (tertiary alicyclic amines) is 1. The Kier molecular flexibility index (Phi) is 8.98. The van der Waals surface area contributed by atoms with Gasteiger partial charge in [-0.2, -0.15) is 0 Å². The van der Waals surface area contributed by atoms with Gasteiger partial charge in [0.15, 0.2) is 5.96 Å². The molecular weight excluding hydrogens is 515 g/mol. The summed E-state index contributed by atoms with van der Waals surface area (Å²) in [6, 6.07) is 12.8. The second-order valence-electron chi connectivity index (χ2n) is 8.42. The predicted molar refractivity (Wildman–Crippen MR) is 141 cm³/mol. The lowest BCUT2D eigenvalue weighted by molar-refractivity contribution is 0.312. The molecule has 0 radical (unpaired) electrons. The van der Waals surface area contributed by atoms with Crippen LogP contribution in [0.5, 0.6) is 5.75 Å². The molecule has 174 valence electrons. The minimum absolute atomic E-state index is 0. The van der Waals surface area contributed by atoms with Crippen LogP contribution in [0.3, 0.4) is 0 Å². The summed E-state index contributed by atoms with van der Waals surface area (Å²) in [4.78, 5) is 16.3. The number of benzene rings is 1. The van der Waals surface area contributed by atoms with E-state index in [9.17, 15) is 0 Å². The Morgan fingerprint density at radius 2 is 1.84 bits per heavy atom. The number of rotatable bonds is 5. The van der Waals surface area contributed by atoms with Gasteiger partial charge in [0.1, 0.15) is 11.6 Å². The number of likely N-dealkylation sites (N-methyl/N-ethyl adjacent to an activating group) is 1. The smallest absolute Gasteiger partial charge is 0.193 e. The van der Waals surface area contributed by atoms with Crippen molar-refractivity contribution in [3.8, 4) is 5.75 Å². The Hall–Kier alpha value is -2.07. The second-order valence-corrected chi connectivity index (χ2v) is 8.42. The zero-order chi connectivity index (χ0) is 21.6. The van der Waals surface area contributed by atoms with Crippen LogP contribution in [0.1, 0.15) is 23.5 Å². The molecule has 8 heteroatoms. The highest BCUT2D eigenvalue weighted by Gasteiger charge is 2.26. The van der Waals surface area contributed by atoms with Gasteiger partial charge in [-0.1, -0.05) is 18.2 Å². The van der Waals surface area contributed by atoms with Crippen molar-refractivity contribution >= 4 is 35.8 Å². The Bertz CT molecular complexity index is 865. The van der Waals surface area contributed by atoms with E-state index in [1.54, 1.807) is 7.11 Å². The number of halogens is 1. The number of aromatic nitrogens is 1. The van der Waals surface area contributed by atoms with Crippen LogP contribution in [0.4, 0.5) is 5.82 Å². The molecule has 1 aromatic heterocycles. The Morgan fingerprint density at radius 3 is 2.47 bits per heavy atom. The lowest BCUT2D eigenvalue weighted by Crippen LogP contribution is -2.44. The van der Waals surface area contributed by atoms with Gasteiger partial charge in [0.25, 0.3) is 0 Å². The summed E-state index contributed by atoms with van der Waals surface area (Å²) in [7, 11) is 5.74. The van der Waals surface area contributed by atoms with E-state index < -0.39 is 0 Å². The number of piperazine rings is 1. The molecule has 7 nitrogen and oxygen atoms in total. The summed E-state index contributed by atoms with van der Waals surface area (Å²) in [6.07, 6.45) is 3.12. The summed E-state index contributed by atoms with van der Waals surface area (Å²) >= 11 is 0. The SMILES string of the molecule is CN=C(NCc1ccc(N2CCN(C)CC2)nc1)N1CCC(c2ccc(OC)cc2)C1.I. The van der Waals surface area contributed by atoms with Gasteiger partial charge >= 0.3 is 0 Å². The number of nitrogens with one attached hydrogen (secondary N) is 1. The topological polar surface area (TPSA) is 56.2 Å². The van der Waals surface area contributed by atoms with Crippen molar-refractivity contribution in [1.82, 2.24) is 20.1 Å². The van der Waals surface area contributed by atoms with Crippen molar-refractivity contribution in [2.45, 2.75) is 18.9 Å². The fraction of sp³-hybridized carbons (Fsp3) is 0.500. The first-order valence-corrected chi connectivity index (χ1v) is 11.1. The average molecular weight is 550 g/mol. The molecule has 0 bridgehead atoms. The molecule has 1 aromatic carbocycles. The van der Waals surface area contributed by atoms with Crippen LogP contribution in [-0.4, -0.2) is 81.2 Å². The van der Waals surface area contributed by atoms with E-state index in [1.807, 2.05) is 25.4 Å². The predicted octanol–water partition coefficient (Wildman–Crippen LogP) is 3.02. The van der Waals surface area contributed by atoms with Crippen molar-refractivity contribution in [2.75, 3.05) is 65.4 Å². The molecule has 0 amide bonds. The van der Waals surface area contributed by atoms with Crippen LogP contribution in [0, 0.1) is 0 Å². The molecule has 0 aliphatic carbocycles. The summed E-state index contributed by atoms with van der Waals surface area (Å²) in [5.41, 5.74) is 2.53. The first-order valence-electron chi connectivity index (χ1n) is 11.1. The largest absolute Gasteiger partial charge is 0.497 e. The molecule has 2 fully saturated rings. The normalized spacial score (nSPS) is 19.6. The number of anilines is 1. The second kappa shape index (κ2) is 11.7. The van der Waals surface area contributed by atoms with E-state index in [0.717, 1.165) is 69.8 Å². The molecule has 32 heavy (non-hydrogen) atoms. The van der Waals surface area contributed by atoms with Crippen LogP contribution in [0.2, 0.25) is 0 Å². The van der Waals surface area contributed by atoms with Crippen molar-refractivity contribution in [2.24, 2.45) is 4.99 Å². The van der Waals surface area contributed by atoms with Crippen molar-refractivity contribution in [1.29, 1.82) is 0 Å². The molecule has 3 heterocycles. The molecule has 0 saturated carbocycles. The number of methoxy groups -OCH3 is 1. The molecule has 1 unspecified atom stereocenters. The van der Waals surface area contributed by atoms with Crippen molar-refractivity contribution in [3.05, 3.63) is 53.7 Å². The van der Waals surface area contributed by atoms with Gasteiger partial charge in [0, 0.05) is 65.0 Å². The van der Waals surface area contributed by atoms with E-state index in [0.29, 0.717) is 5.92 Å². The number of pyridine rings is 1. The summed E-state index contributed by atoms with van der Waals surface area (Å²) in [5, 5.41) is 3.52. The first-order chi connectivity index (χ1) is 15.2. The van der Waals surface area contributed by atoms with Crippen LogP contribution in [-0.2, 0) is 6.54 Å². The van der Waals surface area contributed by atoms with E-state index in [1.165, 1.54) is 11.1 Å². The number of guanidine groups is 1. The molecule has 2 saturated heterocycles.